The van der Waals surface area contributed by atoms with Gasteiger partial charge < -0.3 is 15.3 Å². The second kappa shape index (κ2) is 7.16. The smallest absolute Gasteiger partial charge is 0.871 e. The standard InChI is InChI=1S/C12H9ClN2O6S.Fe/c13-6-4-7(12(18)10(5-6)22(19,20)21)14-15-11-8(16)2-1-3-9(11)17;/h1-5,16-18H,(H,19,20,21);/q;+3/p-3. The van der Waals surface area contributed by atoms with Crippen molar-refractivity contribution in [1.82, 2.24) is 0 Å². The molecular weight excluding hydrogens is 392 g/mol. The zero-order chi connectivity index (χ0) is 16.5. The van der Waals surface area contributed by atoms with E-state index >= 15 is 0 Å². The van der Waals surface area contributed by atoms with E-state index < -0.39 is 43.6 Å². The minimum atomic E-state index is -4.80. The van der Waals surface area contributed by atoms with Gasteiger partial charge in [0.2, 0.25) is 0 Å². The van der Waals surface area contributed by atoms with Gasteiger partial charge in [0.25, 0.3) is 10.1 Å². The molecule has 0 amide bonds. The third-order valence-corrected chi connectivity index (χ3v) is 3.57. The van der Waals surface area contributed by atoms with Gasteiger partial charge in [-0.1, -0.05) is 47.0 Å². The number of halogens is 1. The van der Waals surface area contributed by atoms with Crippen LogP contribution >= 0.6 is 11.6 Å². The quantitative estimate of drug-likeness (QED) is 0.467. The van der Waals surface area contributed by atoms with Gasteiger partial charge in [-0.3, -0.25) is 4.55 Å². The minimum Gasteiger partial charge on any atom is -0.871 e. The Kier molecular flexibility index (Phi) is 5.98. The third-order valence-electron chi connectivity index (χ3n) is 2.50. The van der Waals surface area contributed by atoms with E-state index in [0.29, 0.717) is 0 Å². The Hall–Kier alpha value is -1.84. The van der Waals surface area contributed by atoms with Crippen molar-refractivity contribution in [2.24, 2.45) is 10.2 Å². The monoisotopic (exact) mass is 397 g/mol. The molecule has 0 saturated carbocycles. The summed E-state index contributed by atoms with van der Waals surface area (Å²) in [5.41, 5.74) is -1.07. The molecule has 8 nitrogen and oxygen atoms in total. The Bertz CT molecular complexity index is 852. The first-order chi connectivity index (χ1) is 10.2. The van der Waals surface area contributed by atoms with Crippen LogP contribution in [0.4, 0.5) is 11.4 Å². The average molecular weight is 398 g/mol. The van der Waals surface area contributed by atoms with Crippen LogP contribution in [0.3, 0.4) is 0 Å². The van der Waals surface area contributed by atoms with Crippen molar-refractivity contribution in [2.75, 3.05) is 0 Å². The molecule has 2 aromatic rings. The molecule has 23 heavy (non-hydrogen) atoms. The molecular formula is C12H6ClFeN2O6S. The Labute approximate surface area is 146 Å². The summed E-state index contributed by atoms with van der Waals surface area (Å²) >= 11 is 5.63. The largest absolute Gasteiger partial charge is 3.00 e. The summed E-state index contributed by atoms with van der Waals surface area (Å²) in [4.78, 5) is -0.980. The van der Waals surface area contributed by atoms with Crippen LogP contribution in [0.15, 0.2) is 45.5 Å². The van der Waals surface area contributed by atoms with Gasteiger partial charge in [-0.25, -0.2) is 0 Å². The normalized spacial score (nSPS) is 11.4. The van der Waals surface area contributed by atoms with Crippen LogP contribution in [0.2, 0.25) is 5.02 Å². The molecule has 1 N–H and O–H groups in total. The Morgan fingerprint density at radius 2 is 1.61 bits per heavy atom. The Morgan fingerprint density at radius 1 is 1.04 bits per heavy atom. The molecule has 0 aliphatic heterocycles. The van der Waals surface area contributed by atoms with Crippen LogP contribution in [-0.2, 0) is 27.2 Å². The molecule has 0 spiro atoms. The van der Waals surface area contributed by atoms with E-state index in [4.69, 9.17) is 16.2 Å². The third kappa shape index (κ3) is 4.34. The van der Waals surface area contributed by atoms with E-state index in [1.165, 1.54) is 6.07 Å². The second-order valence-electron chi connectivity index (χ2n) is 4.03. The molecule has 0 atom stereocenters. The molecule has 0 heterocycles. The van der Waals surface area contributed by atoms with Crippen molar-refractivity contribution in [3.05, 3.63) is 35.4 Å². The summed E-state index contributed by atoms with van der Waals surface area (Å²) in [6, 6.07) is 5.13. The molecule has 121 valence electrons. The van der Waals surface area contributed by atoms with Crippen molar-refractivity contribution >= 4 is 33.1 Å². The SMILES string of the molecule is O=S(=O)(O)c1cc(Cl)cc(N=Nc2c([O-])cccc2[O-])c1[O-].[Fe+3]. The molecule has 0 aliphatic carbocycles. The molecule has 0 aromatic heterocycles. The van der Waals surface area contributed by atoms with Crippen LogP contribution in [0.5, 0.6) is 17.2 Å². The molecule has 2 rings (SSSR count). The summed E-state index contributed by atoms with van der Waals surface area (Å²) < 4.78 is 31.1. The van der Waals surface area contributed by atoms with Crippen LogP contribution in [0.1, 0.15) is 0 Å². The van der Waals surface area contributed by atoms with Gasteiger partial charge in [0, 0.05) is 5.02 Å². The van der Waals surface area contributed by atoms with E-state index in [1.807, 2.05) is 0 Å². The van der Waals surface area contributed by atoms with Gasteiger partial charge in [-0.15, -0.1) is 0 Å². The molecule has 2 aromatic carbocycles. The van der Waals surface area contributed by atoms with Gasteiger partial charge in [0.1, 0.15) is 0 Å². The summed E-state index contributed by atoms with van der Waals surface area (Å²) in [5.74, 6) is -2.58. The van der Waals surface area contributed by atoms with Gasteiger partial charge in [-0.2, -0.15) is 18.6 Å². The number of nitrogens with zero attached hydrogens (tertiary/aromatic N) is 2. The number of hydrogen-bond acceptors (Lipinski definition) is 7. The van der Waals surface area contributed by atoms with E-state index in [0.717, 1.165) is 24.3 Å². The number of benzene rings is 2. The summed E-state index contributed by atoms with van der Waals surface area (Å²) in [7, 11) is -4.80. The topological polar surface area (TPSA) is 148 Å². The summed E-state index contributed by atoms with van der Waals surface area (Å²) in [6.07, 6.45) is 0. The fraction of sp³-hybridized carbons (Fsp3) is 0. The predicted octanol–water partition coefficient (Wildman–Crippen LogP) is 1.22. The van der Waals surface area contributed by atoms with Crippen molar-refractivity contribution in [1.29, 1.82) is 0 Å². The average Bonchev–Trinajstić information content (AvgIpc) is 2.40. The number of azo groups is 1. The van der Waals surface area contributed by atoms with Crippen LogP contribution in [-0.4, -0.2) is 13.0 Å². The maximum absolute atomic E-state index is 11.9. The fourth-order valence-corrected chi connectivity index (χ4v) is 2.42. The zero-order valence-electron chi connectivity index (χ0n) is 10.9. The number of rotatable bonds is 3. The summed E-state index contributed by atoms with van der Waals surface area (Å²) in [5, 5.41) is 41.3. The zero-order valence-corrected chi connectivity index (χ0v) is 13.6. The maximum Gasteiger partial charge on any atom is 3.00 e. The van der Waals surface area contributed by atoms with Crippen molar-refractivity contribution in [2.45, 2.75) is 4.90 Å². The molecule has 0 bridgehead atoms. The van der Waals surface area contributed by atoms with Gasteiger partial charge in [0.15, 0.2) is 0 Å². The van der Waals surface area contributed by atoms with Crippen LogP contribution < -0.4 is 15.3 Å². The fourth-order valence-electron chi connectivity index (χ4n) is 1.53. The van der Waals surface area contributed by atoms with Crippen molar-refractivity contribution in [3.63, 3.8) is 0 Å². The molecule has 1 radical (unpaired) electrons. The maximum atomic E-state index is 11.9. The van der Waals surface area contributed by atoms with Crippen LogP contribution in [0, 0.1) is 0 Å². The van der Waals surface area contributed by atoms with E-state index in [9.17, 15) is 23.7 Å². The van der Waals surface area contributed by atoms with E-state index in [2.05, 4.69) is 10.2 Å². The molecule has 0 aliphatic rings. The minimum absolute atomic E-state index is 0. The summed E-state index contributed by atoms with van der Waals surface area (Å²) in [6.45, 7) is 0. The van der Waals surface area contributed by atoms with Crippen molar-refractivity contribution < 1.29 is 45.4 Å². The first-order valence-corrected chi connectivity index (χ1v) is 7.39. The van der Waals surface area contributed by atoms with E-state index in [-0.39, 0.29) is 22.1 Å². The first kappa shape index (κ1) is 19.2. The number of hydrogen-bond donors (Lipinski definition) is 1. The van der Waals surface area contributed by atoms with Gasteiger partial charge in [0.05, 0.1) is 16.3 Å². The van der Waals surface area contributed by atoms with Crippen molar-refractivity contribution in [3.8, 4) is 17.2 Å². The first-order valence-electron chi connectivity index (χ1n) is 5.57. The molecule has 0 saturated heterocycles. The van der Waals surface area contributed by atoms with E-state index in [1.54, 1.807) is 0 Å². The van der Waals surface area contributed by atoms with Crippen LogP contribution in [0.25, 0.3) is 0 Å². The second-order valence-corrected chi connectivity index (χ2v) is 5.86. The molecule has 0 unspecified atom stereocenters. The predicted molar refractivity (Wildman–Crippen MR) is 70.2 cm³/mol. The Balaban J connectivity index is 0.00000264. The van der Waals surface area contributed by atoms with Gasteiger partial charge in [-0.05, 0) is 12.1 Å². The molecule has 11 heteroatoms. The Morgan fingerprint density at radius 3 is 2.13 bits per heavy atom. The molecule has 0 fully saturated rings. The van der Waals surface area contributed by atoms with Gasteiger partial charge >= 0.3 is 17.1 Å².